The van der Waals surface area contributed by atoms with Crippen molar-refractivity contribution in [2.45, 2.75) is 13.5 Å². The zero-order chi connectivity index (χ0) is 14.1. The third-order valence-corrected chi connectivity index (χ3v) is 3.57. The average Bonchev–Trinajstić information content (AvgIpc) is 2.47. The second-order valence-electron chi connectivity index (χ2n) is 4.83. The molecule has 0 aliphatic heterocycles. The summed E-state index contributed by atoms with van der Waals surface area (Å²) in [6, 6.07) is 13.2. The highest BCUT2D eigenvalue weighted by Gasteiger charge is 2.07. The van der Waals surface area contributed by atoms with Crippen LogP contribution >= 0.6 is 0 Å². The summed E-state index contributed by atoms with van der Waals surface area (Å²) < 4.78 is 1.48. The predicted molar refractivity (Wildman–Crippen MR) is 80.7 cm³/mol. The Balaban J connectivity index is 2.10. The fourth-order valence-electron chi connectivity index (χ4n) is 2.28. The van der Waals surface area contributed by atoms with E-state index in [9.17, 15) is 4.79 Å². The van der Waals surface area contributed by atoms with Gasteiger partial charge in [0.1, 0.15) is 0 Å². The zero-order valence-electron chi connectivity index (χ0n) is 11.2. The summed E-state index contributed by atoms with van der Waals surface area (Å²) in [5.41, 5.74) is 8.55. The summed E-state index contributed by atoms with van der Waals surface area (Å²) >= 11 is 0. The van der Waals surface area contributed by atoms with Gasteiger partial charge in [0, 0.05) is 11.1 Å². The highest BCUT2D eigenvalue weighted by molar-refractivity contribution is 5.80. The molecule has 0 fully saturated rings. The maximum absolute atomic E-state index is 12.4. The van der Waals surface area contributed by atoms with Crippen molar-refractivity contribution >= 4 is 16.5 Å². The Labute approximate surface area is 116 Å². The molecule has 0 aliphatic rings. The predicted octanol–water partition coefficient (Wildman–Crippen LogP) is 2.34. The van der Waals surface area contributed by atoms with E-state index in [-0.39, 0.29) is 5.56 Å². The van der Waals surface area contributed by atoms with Crippen LogP contribution in [-0.2, 0) is 6.54 Å². The molecule has 3 aromatic rings. The van der Waals surface area contributed by atoms with Crippen LogP contribution in [0.5, 0.6) is 0 Å². The van der Waals surface area contributed by atoms with E-state index in [1.54, 1.807) is 6.20 Å². The van der Waals surface area contributed by atoms with Crippen molar-refractivity contribution in [2.24, 2.45) is 0 Å². The quantitative estimate of drug-likeness (QED) is 0.723. The van der Waals surface area contributed by atoms with Crippen molar-refractivity contribution in [1.82, 2.24) is 9.78 Å². The highest BCUT2D eigenvalue weighted by atomic mass is 16.1. The van der Waals surface area contributed by atoms with Crippen molar-refractivity contribution in [3.8, 4) is 0 Å². The zero-order valence-corrected chi connectivity index (χ0v) is 11.2. The first-order valence-corrected chi connectivity index (χ1v) is 6.45. The molecule has 2 N–H and O–H groups in total. The molecule has 0 atom stereocenters. The van der Waals surface area contributed by atoms with Gasteiger partial charge in [0.05, 0.1) is 18.1 Å². The number of nitrogen functional groups attached to an aromatic ring is 1. The van der Waals surface area contributed by atoms with Gasteiger partial charge in [0.15, 0.2) is 0 Å². The Bertz CT molecular complexity index is 836. The van der Waals surface area contributed by atoms with Gasteiger partial charge in [0.2, 0.25) is 0 Å². The van der Waals surface area contributed by atoms with Crippen LogP contribution in [0.25, 0.3) is 10.8 Å². The van der Waals surface area contributed by atoms with Crippen LogP contribution in [-0.4, -0.2) is 9.78 Å². The summed E-state index contributed by atoms with van der Waals surface area (Å²) in [4.78, 5) is 12.4. The molecule has 0 unspecified atom stereocenters. The van der Waals surface area contributed by atoms with Gasteiger partial charge in [-0.3, -0.25) is 4.79 Å². The molecule has 4 heteroatoms. The van der Waals surface area contributed by atoms with E-state index in [0.717, 1.165) is 22.2 Å². The van der Waals surface area contributed by atoms with Crippen LogP contribution in [0.1, 0.15) is 11.1 Å². The van der Waals surface area contributed by atoms with E-state index in [4.69, 9.17) is 5.73 Å². The summed E-state index contributed by atoms with van der Waals surface area (Å²) in [5, 5.41) is 5.78. The first-order valence-electron chi connectivity index (χ1n) is 6.45. The van der Waals surface area contributed by atoms with Gasteiger partial charge in [-0.05, 0) is 30.2 Å². The van der Waals surface area contributed by atoms with E-state index in [1.807, 2.05) is 49.4 Å². The summed E-state index contributed by atoms with van der Waals surface area (Å²) in [7, 11) is 0. The Morgan fingerprint density at radius 3 is 2.80 bits per heavy atom. The van der Waals surface area contributed by atoms with Gasteiger partial charge < -0.3 is 5.73 Å². The molecule has 0 amide bonds. The summed E-state index contributed by atoms with van der Waals surface area (Å²) in [6.45, 7) is 2.39. The van der Waals surface area contributed by atoms with Gasteiger partial charge in [-0.2, -0.15) is 5.10 Å². The maximum Gasteiger partial charge on any atom is 0.274 e. The number of fused-ring (bicyclic) bond motifs is 1. The molecule has 0 radical (unpaired) electrons. The molecule has 3 rings (SSSR count). The van der Waals surface area contributed by atoms with Crippen molar-refractivity contribution in [1.29, 1.82) is 0 Å². The molecule has 20 heavy (non-hydrogen) atoms. The van der Waals surface area contributed by atoms with Gasteiger partial charge in [0.25, 0.3) is 5.56 Å². The molecule has 0 bridgehead atoms. The lowest BCUT2D eigenvalue weighted by atomic mass is 10.1. The molecule has 2 aromatic carbocycles. The second-order valence-corrected chi connectivity index (χ2v) is 4.83. The van der Waals surface area contributed by atoms with E-state index >= 15 is 0 Å². The normalized spacial score (nSPS) is 10.8. The highest BCUT2D eigenvalue weighted by Crippen LogP contribution is 2.16. The average molecular weight is 265 g/mol. The van der Waals surface area contributed by atoms with Crippen molar-refractivity contribution in [3.63, 3.8) is 0 Å². The molecule has 1 heterocycles. The lowest BCUT2D eigenvalue weighted by molar-refractivity contribution is 0.645. The topological polar surface area (TPSA) is 60.9 Å². The minimum absolute atomic E-state index is 0.0788. The smallest absolute Gasteiger partial charge is 0.274 e. The molecule has 0 aliphatic carbocycles. The molecule has 1 aromatic heterocycles. The number of aromatic nitrogens is 2. The number of anilines is 1. The van der Waals surface area contributed by atoms with Crippen molar-refractivity contribution < 1.29 is 0 Å². The summed E-state index contributed by atoms with van der Waals surface area (Å²) in [5.74, 6) is 0. The summed E-state index contributed by atoms with van der Waals surface area (Å²) in [6.07, 6.45) is 1.72. The van der Waals surface area contributed by atoms with Crippen molar-refractivity contribution in [2.75, 3.05) is 5.73 Å². The second kappa shape index (κ2) is 4.81. The van der Waals surface area contributed by atoms with E-state index < -0.39 is 0 Å². The third-order valence-electron chi connectivity index (χ3n) is 3.57. The van der Waals surface area contributed by atoms with Gasteiger partial charge >= 0.3 is 0 Å². The third kappa shape index (κ3) is 2.05. The number of nitrogens with zero attached hydrogens (tertiary/aromatic N) is 2. The lowest BCUT2D eigenvalue weighted by Crippen LogP contribution is -2.23. The van der Waals surface area contributed by atoms with Gasteiger partial charge in [-0.1, -0.05) is 30.3 Å². The number of hydrogen-bond donors (Lipinski definition) is 1. The minimum atomic E-state index is -0.0788. The van der Waals surface area contributed by atoms with Crippen molar-refractivity contribution in [3.05, 3.63) is 70.1 Å². The number of benzene rings is 2. The molecule has 0 saturated heterocycles. The first-order chi connectivity index (χ1) is 9.66. The Hall–Kier alpha value is -2.62. The monoisotopic (exact) mass is 265 g/mol. The lowest BCUT2D eigenvalue weighted by Gasteiger charge is -2.10. The Morgan fingerprint density at radius 1 is 1.15 bits per heavy atom. The Kier molecular flexibility index (Phi) is 2.99. The van der Waals surface area contributed by atoms with Crippen LogP contribution in [0, 0.1) is 6.92 Å². The van der Waals surface area contributed by atoms with Gasteiger partial charge in [-0.25, -0.2) is 4.68 Å². The number of nitrogens with two attached hydrogens (primary N) is 1. The largest absolute Gasteiger partial charge is 0.399 e. The first kappa shape index (κ1) is 12.4. The molecular weight excluding hydrogens is 250 g/mol. The molecular formula is C16H15N3O. The molecule has 4 nitrogen and oxygen atoms in total. The van der Waals surface area contributed by atoms with E-state index in [1.165, 1.54) is 4.68 Å². The van der Waals surface area contributed by atoms with E-state index in [0.29, 0.717) is 11.9 Å². The van der Waals surface area contributed by atoms with Crippen LogP contribution in [0.15, 0.2) is 53.5 Å². The van der Waals surface area contributed by atoms with Gasteiger partial charge in [-0.15, -0.1) is 0 Å². The number of hydrogen-bond acceptors (Lipinski definition) is 3. The fraction of sp³-hybridized carbons (Fsp3) is 0.125. The van der Waals surface area contributed by atoms with E-state index in [2.05, 4.69) is 5.10 Å². The fourth-order valence-corrected chi connectivity index (χ4v) is 2.28. The maximum atomic E-state index is 12.4. The van der Waals surface area contributed by atoms with Crippen LogP contribution in [0.3, 0.4) is 0 Å². The molecule has 0 saturated carbocycles. The SMILES string of the molecule is Cc1c(N)cccc1Cn1ncc2ccccc2c1=O. The van der Waals surface area contributed by atoms with Crippen LogP contribution in [0.4, 0.5) is 5.69 Å². The van der Waals surface area contributed by atoms with Crippen LogP contribution < -0.4 is 11.3 Å². The minimum Gasteiger partial charge on any atom is -0.399 e. The number of rotatable bonds is 2. The molecule has 0 spiro atoms. The standard InChI is InChI=1S/C16H15N3O/c1-11-13(6-4-8-15(11)17)10-19-16(20)14-7-3-2-5-12(14)9-18-19/h2-9H,10,17H2,1H3. The van der Waals surface area contributed by atoms with Crippen LogP contribution in [0.2, 0.25) is 0 Å². The Morgan fingerprint density at radius 2 is 1.95 bits per heavy atom. The molecule has 100 valence electrons.